The van der Waals surface area contributed by atoms with Crippen molar-refractivity contribution in [2.75, 3.05) is 20.3 Å². The Morgan fingerprint density at radius 1 is 1.35 bits per heavy atom. The van der Waals surface area contributed by atoms with E-state index in [1.165, 1.54) is 5.56 Å². The Kier molecular flexibility index (Phi) is 4.12. The third kappa shape index (κ3) is 3.28. The summed E-state index contributed by atoms with van der Waals surface area (Å²) in [5.74, 6) is 0.372. The van der Waals surface area contributed by atoms with E-state index < -0.39 is 0 Å². The summed E-state index contributed by atoms with van der Waals surface area (Å²) in [6.45, 7) is 0.859. The van der Waals surface area contributed by atoms with Crippen LogP contribution in [0.15, 0.2) is 30.3 Å². The molecule has 1 N–H and O–H groups in total. The molecule has 1 aromatic carbocycles. The van der Waals surface area contributed by atoms with Gasteiger partial charge >= 0.3 is 0 Å². The maximum Gasteiger partial charge on any atom is 0.247 e. The first-order valence-electron chi connectivity index (χ1n) is 5.78. The minimum atomic E-state index is -0.0324. The van der Waals surface area contributed by atoms with Crippen LogP contribution in [0.4, 0.5) is 0 Å². The number of hydrogen-bond donors (Lipinski definition) is 1. The lowest BCUT2D eigenvalue weighted by atomic mass is 10.1. The van der Waals surface area contributed by atoms with Gasteiger partial charge in [-0.15, -0.1) is 0 Å². The first-order chi connectivity index (χ1) is 8.33. The molecule has 0 saturated heterocycles. The van der Waals surface area contributed by atoms with Crippen LogP contribution in [-0.2, 0) is 14.4 Å². The van der Waals surface area contributed by atoms with Crippen molar-refractivity contribution in [3.05, 3.63) is 35.9 Å². The van der Waals surface area contributed by atoms with Crippen molar-refractivity contribution in [3.63, 3.8) is 0 Å². The summed E-state index contributed by atoms with van der Waals surface area (Å²) in [6, 6.07) is 10.1. The second-order valence-electron chi connectivity index (χ2n) is 4.17. The van der Waals surface area contributed by atoms with Crippen molar-refractivity contribution in [2.24, 2.45) is 5.92 Å². The fraction of sp³-hybridized carbons (Fsp3) is 0.462. The number of rotatable bonds is 6. The Morgan fingerprint density at radius 2 is 2.12 bits per heavy atom. The van der Waals surface area contributed by atoms with Crippen LogP contribution < -0.4 is 5.48 Å². The van der Waals surface area contributed by atoms with E-state index in [0.717, 1.165) is 6.42 Å². The molecule has 1 fully saturated rings. The molecule has 1 aliphatic rings. The number of amides is 1. The van der Waals surface area contributed by atoms with E-state index in [-0.39, 0.29) is 11.8 Å². The van der Waals surface area contributed by atoms with Crippen molar-refractivity contribution in [1.29, 1.82) is 0 Å². The highest BCUT2D eigenvalue weighted by Gasteiger charge is 2.43. The van der Waals surface area contributed by atoms with Crippen LogP contribution in [0.3, 0.4) is 0 Å². The average molecular weight is 235 g/mol. The van der Waals surface area contributed by atoms with Gasteiger partial charge in [0.05, 0.1) is 13.2 Å². The molecule has 0 spiro atoms. The summed E-state index contributed by atoms with van der Waals surface area (Å²) in [5, 5.41) is 0. The van der Waals surface area contributed by atoms with Crippen molar-refractivity contribution in [3.8, 4) is 0 Å². The monoisotopic (exact) mass is 235 g/mol. The molecule has 2 atom stereocenters. The molecule has 4 heteroatoms. The van der Waals surface area contributed by atoms with E-state index in [1.54, 1.807) is 7.11 Å². The normalized spacial score (nSPS) is 22.2. The van der Waals surface area contributed by atoms with E-state index in [2.05, 4.69) is 17.6 Å². The average Bonchev–Trinajstić information content (AvgIpc) is 3.16. The summed E-state index contributed by atoms with van der Waals surface area (Å²) in [7, 11) is 1.59. The van der Waals surface area contributed by atoms with Crippen LogP contribution >= 0.6 is 0 Å². The molecule has 0 bridgehead atoms. The van der Waals surface area contributed by atoms with Crippen molar-refractivity contribution in [2.45, 2.75) is 12.3 Å². The highest BCUT2D eigenvalue weighted by atomic mass is 16.7. The smallest absolute Gasteiger partial charge is 0.247 e. The summed E-state index contributed by atoms with van der Waals surface area (Å²) in [4.78, 5) is 16.7. The van der Waals surface area contributed by atoms with E-state index >= 15 is 0 Å². The van der Waals surface area contributed by atoms with Gasteiger partial charge in [-0.2, -0.15) is 0 Å². The van der Waals surface area contributed by atoms with Crippen LogP contribution in [0, 0.1) is 5.92 Å². The van der Waals surface area contributed by atoms with Crippen LogP contribution in [0.25, 0.3) is 0 Å². The Bertz CT molecular complexity index is 366. The van der Waals surface area contributed by atoms with Crippen LogP contribution in [0.1, 0.15) is 17.9 Å². The third-order valence-corrected chi connectivity index (χ3v) is 2.92. The highest BCUT2D eigenvalue weighted by Crippen LogP contribution is 2.47. The number of benzene rings is 1. The van der Waals surface area contributed by atoms with Gasteiger partial charge in [-0.05, 0) is 17.9 Å². The van der Waals surface area contributed by atoms with Crippen LogP contribution in [0.5, 0.6) is 0 Å². The fourth-order valence-corrected chi connectivity index (χ4v) is 1.88. The molecule has 0 aliphatic heterocycles. The Labute approximate surface area is 101 Å². The molecule has 2 rings (SSSR count). The number of hydrogen-bond acceptors (Lipinski definition) is 3. The van der Waals surface area contributed by atoms with Crippen molar-refractivity contribution >= 4 is 5.91 Å². The molecular formula is C13H17NO3. The fourth-order valence-electron chi connectivity index (χ4n) is 1.88. The first kappa shape index (κ1) is 12.1. The van der Waals surface area contributed by atoms with E-state index in [4.69, 9.17) is 9.57 Å². The number of carbonyl (C=O) groups excluding carboxylic acids is 1. The zero-order chi connectivity index (χ0) is 12.1. The maximum absolute atomic E-state index is 11.7. The molecule has 0 aromatic heterocycles. The van der Waals surface area contributed by atoms with Gasteiger partial charge in [-0.1, -0.05) is 30.3 Å². The first-order valence-corrected chi connectivity index (χ1v) is 5.78. The summed E-state index contributed by atoms with van der Waals surface area (Å²) < 4.78 is 4.81. The maximum atomic E-state index is 11.7. The van der Waals surface area contributed by atoms with Crippen LogP contribution in [-0.4, -0.2) is 26.2 Å². The molecule has 1 aromatic rings. The van der Waals surface area contributed by atoms with Crippen molar-refractivity contribution in [1.82, 2.24) is 5.48 Å². The third-order valence-electron chi connectivity index (χ3n) is 2.92. The topological polar surface area (TPSA) is 47.6 Å². The zero-order valence-electron chi connectivity index (χ0n) is 9.89. The molecule has 1 saturated carbocycles. The van der Waals surface area contributed by atoms with Gasteiger partial charge in [0.15, 0.2) is 0 Å². The van der Waals surface area contributed by atoms with Gasteiger partial charge in [-0.3, -0.25) is 9.63 Å². The van der Waals surface area contributed by atoms with E-state index in [1.807, 2.05) is 18.2 Å². The second-order valence-corrected chi connectivity index (χ2v) is 4.17. The minimum absolute atomic E-state index is 0.0324. The lowest BCUT2D eigenvalue weighted by Gasteiger charge is -2.05. The Morgan fingerprint density at radius 3 is 2.82 bits per heavy atom. The molecule has 17 heavy (non-hydrogen) atoms. The van der Waals surface area contributed by atoms with Gasteiger partial charge in [0.25, 0.3) is 0 Å². The summed E-state index contributed by atoms with van der Waals surface area (Å²) in [6.07, 6.45) is 0.906. The molecular weight excluding hydrogens is 218 g/mol. The summed E-state index contributed by atoms with van der Waals surface area (Å²) in [5.41, 5.74) is 3.69. The Balaban J connectivity index is 1.73. The number of carbonyl (C=O) groups is 1. The largest absolute Gasteiger partial charge is 0.382 e. The SMILES string of the molecule is COCCONC(=O)C1CC1c1ccccc1. The molecule has 2 unspecified atom stereocenters. The number of ether oxygens (including phenoxy) is 1. The van der Waals surface area contributed by atoms with Gasteiger partial charge < -0.3 is 4.74 Å². The molecule has 1 aliphatic carbocycles. The number of methoxy groups -OCH3 is 1. The molecule has 4 nitrogen and oxygen atoms in total. The van der Waals surface area contributed by atoms with Gasteiger partial charge in [-0.25, -0.2) is 5.48 Å². The quantitative estimate of drug-likeness (QED) is 0.600. The predicted octanol–water partition coefficient (Wildman–Crippen LogP) is 1.48. The lowest BCUT2D eigenvalue weighted by molar-refractivity contribution is -0.136. The van der Waals surface area contributed by atoms with Gasteiger partial charge in [0.2, 0.25) is 5.91 Å². The molecule has 0 radical (unpaired) electrons. The molecule has 1 amide bonds. The highest BCUT2D eigenvalue weighted by molar-refractivity contribution is 5.81. The summed E-state index contributed by atoms with van der Waals surface area (Å²) >= 11 is 0. The standard InChI is InChI=1S/C13H17NO3/c1-16-7-8-17-14-13(15)12-9-11(12)10-5-3-2-4-6-10/h2-6,11-12H,7-9H2,1H3,(H,14,15). The Hall–Kier alpha value is -1.39. The van der Waals surface area contributed by atoms with Gasteiger partial charge in [0, 0.05) is 13.0 Å². The minimum Gasteiger partial charge on any atom is -0.382 e. The van der Waals surface area contributed by atoms with Gasteiger partial charge in [0.1, 0.15) is 0 Å². The van der Waals surface area contributed by atoms with E-state index in [9.17, 15) is 4.79 Å². The lowest BCUT2D eigenvalue weighted by Crippen LogP contribution is -2.27. The zero-order valence-corrected chi connectivity index (χ0v) is 9.89. The predicted molar refractivity (Wildman–Crippen MR) is 63.3 cm³/mol. The van der Waals surface area contributed by atoms with E-state index in [0.29, 0.717) is 19.1 Å². The number of hydroxylamine groups is 1. The van der Waals surface area contributed by atoms with Crippen LogP contribution in [0.2, 0.25) is 0 Å². The number of nitrogens with one attached hydrogen (secondary N) is 1. The second kappa shape index (κ2) is 5.80. The molecule has 92 valence electrons. The van der Waals surface area contributed by atoms with Crippen molar-refractivity contribution < 1.29 is 14.4 Å². The molecule has 0 heterocycles.